The molecule has 4 rings (SSSR count). The molecule has 0 spiro atoms. The molecule has 0 atom stereocenters. The second kappa shape index (κ2) is 11.0. The molecule has 0 bridgehead atoms. The number of carbonyl (C=O) groups excluding carboxylic acids is 1. The van der Waals surface area contributed by atoms with Crippen LogP contribution in [0.2, 0.25) is 10.0 Å². The Balaban J connectivity index is 1.51. The van der Waals surface area contributed by atoms with Crippen molar-refractivity contribution in [1.29, 1.82) is 0 Å². The van der Waals surface area contributed by atoms with Crippen LogP contribution in [-0.2, 0) is 11.4 Å². The first-order valence-corrected chi connectivity index (χ1v) is 12.2. The number of halogens is 2. The molecule has 1 aliphatic rings. The molecule has 1 heterocycles. The van der Waals surface area contributed by atoms with Crippen LogP contribution in [-0.4, -0.2) is 33.6 Å². The fraction of sp³-hybridized carbons (Fsp3) is 0.115. The molecule has 6 nitrogen and oxygen atoms in total. The minimum Gasteiger partial charge on any atom is -0.487 e. The van der Waals surface area contributed by atoms with Gasteiger partial charge in [0.15, 0.2) is 5.17 Å². The molecule has 0 aliphatic carbocycles. The van der Waals surface area contributed by atoms with E-state index < -0.39 is 5.97 Å². The summed E-state index contributed by atoms with van der Waals surface area (Å²) in [6.45, 7) is 2.60. The second-order valence-electron chi connectivity index (χ2n) is 7.48. The minimum absolute atomic E-state index is 0.159. The zero-order chi connectivity index (χ0) is 24.9. The molecule has 0 aromatic heterocycles. The number of likely N-dealkylation sites (N-methyl/N-ethyl adjacent to an activating group) is 1. The number of nitrogens with zero attached hydrogens (tertiary/aromatic N) is 2. The molecule has 1 fully saturated rings. The maximum absolute atomic E-state index is 12.9. The van der Waals surface area contributed by atoms with E-state index >= 15 is 0 Å². The van der Waals surface area contributed by atoms with E-state index in [0.29, 0.717) is 38.1 Å². The number of rotatable bonds is 7. The smallest absolute Gasteiger partial charge is 0.335 e. The van der Waals surface area contributed by atoms with Gasteiger partial charge in [-0.25, -0.2) is 9.79 Å². The molecule has 0 saturated carbocycles. The molecule has 1 amide bonds. The Morgan fingerprint density at radius 1 is 1.09 bits per heavy atom. The third-order valence-electron chi connectivity index (χ3n) is 5.14. The minimum atomic E-state index is -1.01. The summed E-state index contributed by atoms with van der Waals surface area (Å²) in [4.78, 5) is 30.6. The quantitative estimate of drug-likeness (QED) is 0.339. The molecule has 0 unspecified atom stereocenters. The van der Waals surface area contributed by atoms with Gasteiger partial charge in [-0.2, -0.15) is 0 Å². The third kappa shape index (κ3) is 5.88. The summed E-state index contributed by atoms with van der Waals surface area (Å²) in [5, 5.41) is 10.6. The Labute approximate surface area is 216 Å². The highest BCUT2D eigenvalue weighted by Gasteiger charge is 2.32. The highest BCUT2D eigenvalue weighted by molar-refractivity contribution is 8.18. The standard InChI is InChI=1S/C26H20Cl2N2O4S/c1-2-30-24(31)23(35-26(30)29-19-10-8-17(9-11-19)25(32)33)14-16-7-12-22(21(28)13-16)34-15-18-5-3-4-6-20(18)27/h3-14H,2,15H2,1H3,(H,32,33)/b23-14-,29-26?. The van der Waals surface area contributed by atoms with Crippen LogP contribution < -0.4 is 4.74 Å². The maximum Gasteiger partial charge on any atom is 0.335 e. The van der Waals surface area contributed by atoms with Crippen LogP contribution in [0.1, 0.15) is 28.4 Å². The van der Waals surface area contributed by atoms with E-state index in [1.165, 1.54) is 23.9 Å². The molecule has 1 saturated heterocycles. The normalized spacial score (nSPS) is 15.7. The van der Waals surface area contributed by atoms with E-state index in [1.54, 1.807) is 41.3 Å². The summed E-state index contributed by atoms with van der Waals surface area (Å²) in [5.74, 6) is -0.649. The summed E-state index contributed by atoms with van der Waals surface area (Å²) >= 11 is 13.9. The first kappa shape index (κ1) is 24.9. The van der Waals surface area contributed by atoms with Gasteiger partial charge in [0.05, 0.1) is 21.2 Å². The Bertz CT molecular complexity index is 1340. The number of thioether (sulfide) groups is 1. The molecular formula is C26H20Cl2N2O4S. The highest BCUT2D eigenvalue weighted by Crippen LogP contribution is 2.35. The predicted octanol–water partition coefficient (Wildman–Crippen LogP) is 6.89. The highest BCUT2D eigenvalue weighted by atomic mass is 35.5. The fourth-order valence-corrected chi connectivity index (χ4v) is 4.80. The number of benzene rings is 3. The van der Waals surface area contributed by atoms with Crippen molar-refractivity contribution < 1.29 is 19.4 Å². The zero-order valence-corrected chi connectivity index (χ0v) is 20.9. The lowest BCUT2D eigenvalue weighted by molar-refractivity contribution is -0.122. The lowest BCUT2D eigenvalue weighted by Gasteiger charge is -2.12. The zero-order valence-electron chi connectivity index (χ0n) is 18.6. The number of amides is 1. The number of ether oxygens (including phenoxy) is 1. The number of carboxylic acids is 1. The van der Waals surface area contributed by atoms with E-state index in [2.05, 4.69) is 4.99 Å². The third-order valence-corrected chi connectivity index (χ3v) is 6.81. The van der Waals surface area contributed by atoms with E-state index in [9.17, 15) is 9.59 Å². The maximum atomic E-state index is 12.9. The summed E-state index contributed by atoms with van der Waals surface area (Å²) in [6.07, 6.45) is 1.76. The van der Waals surface area contributed by atoms with Crippen molar-refractivity contribution >= 4 is 63.8 Å². The van der Waals surface area contributed by atoms with Gasteiger partial charge < -0.3 is 9.84 Å². The van der Waals surface area contributed by atoms with Crippen molar-refractivity contribution in [2.24, 2.45) is 4.99 Å². The molecule has 3 aromatic carbocycles. The number of aliphatic imine (C=N–C) groups is 1. The molecule has 3 aromatic rings. The van der Waals surface area contributed by atoms with Gasteiger partial charge in [0.1, 0.15) is 12.4 Å². The van der Waals surface area contributed by atoms with E-state index in [-0.39, 0.29) is 18.1 Å². The van der Waals surface area contributed by atoms with Crippen LogP contribution in [0.4, 0.5) is 5.69 Å². The average molecular weight is 527 g/mol. The van der Waals surface area contributed by atoms with Crippen LogP contribution >= 0.6 is 35.0 Å². The monoisotopic (exact) mass is 526 g/mol. The van der Waals surface area contributed by atoms with Crippen molar-refractivity contribution in [3.8, 4) is 5.75 Å². The van der Waals surface area contributed by atoms with Gasteiger partial charge in [-0.15, -0.1) is 0 Å². The lowest BCUT2D eigenvalue weighted by Crippen LogP contribution is -2.28. The van der Waals surface area contributed by atoms with Gasteiger partial charge in [0.2, 0.25) is 0 Å². The fourth-order valence-electron chi connectivity index (χ4n) is 3.31. The second-order valence-corrected chi connectivity index (χ2v) is 9.30. The first-order chi connectivity index (χ1) is 16.9. The molecule has 178 valence electrons. The van der Waals surface area contributed by atoms with Gasteiger partial charge in [0.25, 0.3) is 5.91 Å². The first-order valence-electron chi connectivity index (χ1n) is 10.6. The number of amidine groups is 1. The Morgan fingerprint density at radius 2 is 1.83 bits per heavy atom. The van der Waals surface area contributed by atoms with Gasteiger partial charge >= 0.3 is 5.97 Å². The van der Waals surface area contributed by atoms with Crippen LogP contribution in [0.15, 0.2) is 76.6 Å². The van der Waals surface area contributed by atoms with Crippen molar-refractivity contribution in [2.75, 3.05) is 6.54 Å². The van der Waals surface area contributed by atoms with Crippen LogP contribution in [0, 0.1) is 0 Å². The van der Waals surface area contributed by atoms with Crippen molar-refractivity contribution in [1.82, 2.24) is 4.90 Å². The van der Waals surface area contributed by atoms with Gasteiger partial charge in [0, 0.05) is 17.1 Å². The Hall–Kier alpha value is -3.26. The topological polar surface area (TPSA) is 79.2 Å². The van der Waals surface area contributed by atoms with Gasteiger partial charge in [-0.1, -0.05) is 47.5 Å². The van der Waals surface area contributed by atoms with Crippen molar-refractivity contribution in [2.45, 2.75) is 13.5 Å². The van der Waals surface area contributed by atoms with Crippen molar-refractivity contribution in [3.05, 3.63) is 98.4 Å². The summed E-state index contributed by atoms with van der Waals surface area (Å²) < 4.78 is 5.82. The van der Waals surface area contributed by atoms with Crippen LogP contribution in [0.3, 0.4) is 0 Å². The van der Waals surface area contributed by atoms with Gasteiger partial charge in [-0.3, -0.25) is 9.69 Å². The number of hydrogen-bond acceptors (Lipinski definition) is 5. The SMILES string of the molecule is CCN1C(=O)/C(=C/c2ccc(OCc3ccccc3Cl)c(Cl)c2)SC1=Nc1ccc(C(=O)O)cc1. The number of carbonyl (C=O) groups is 2. The molecular weight excluding hydrogens is 507 g/mol. The number of hydrogen-bond donors (Lipinski definition) is 1. The van der Waals surface area contributed by atoms with E-state index in [0.717, 1.165) is 11.1 Å². The molecule has 0 radical (unpaired) electrons. The summed E-state index contributed by atoms with van der Waals surface area (Å²) in [6, 6.07) is 18.9. The predicted molar refractivity (Wildman–Crippen MR) is 141 cm³/mol. The molecule has 35 heavy (non-hydrogen) atoms. The van der Waals surface area contributed by atoms with Crippen molar-refractivity contribution in [3.63, 3.8) is 0 Å². The molecule has 1 N–H and O–H groups in total. The van der Waals surface area contributed by atoms with Crippen LogP contribution in [0.25, 0.3) is 6.08 Å². The van der Waals surface area contributed by atoms with Gasteiger partial charge in [-0.05, 0) is 72.8 Å². The van der Waals surface area contributed by atoms with E-state index in [1.807, 2.05) is 31.2 Å². The number of aromatic carboxylic acids is 1. The largest absolute Gasteiger partial charge is 0.487 e. The average Bonchev–Trinajstić information content (AvgIpc) is 3.13. The molecule has 1 aliphatic heterocycles. The summed E-state index contributed by atoms with van der Waals surface area (Å²) in [5.41, 5.74) is 2.34. The number of carboxylic acid groups (broad SMARTS) is 1. The summed E-state index contributed by atoms with van der Waals surface area (Å²) in [7, 11) is 0. The molecule has 9 heteroatoms. The Morgan fingerprint density at radius 3 is 2.49 bits per heavy atom. The lowest BCUT2D eigenvalue weighted by atomic mass is 10.2. The van der Waals surface area contributed by atoms with Crippen LogP contribution in [0.5, 0.6) is 5.75 Å². The van der Waals surface area contributed by atoms with E-state index in [4.69, 9.17) is 33.0 Å². The Kier molecular flexibility index (Phi) is 7.80.